The van der Waals surface area contributed by atoms with Crippen LogP contribution in [0.15, 0.2) is 21.5 Å². The lowest BCUT2D eigenvalue weighted by Crippen LogP contribution is -2.29. The van der Waals surface area contributed by atoms with Gasteiger partial charge in [0.15, 0.2) is 0 Å². The number of amides is 1. The number of sulfonamides is 1. The van der Waals surface area contributed by atoms with Gasteiger partial charge < -0.3 is 4.90 Å². The maximum atomic E-state index is 12.2. The molecule has 0 radical (unpaired) electrons. The minimum atomic E-state index is -3.94. The lowest BCUT2D eigenvalue weighted by Gasteiger charge is -2.17. The molecular formula is C11H12BrClN2O3S. The second-order valence-corrected chi connectivity index (χ2v) is 7.19. The van der Waals surface area contributed by atoms with Gasteiger partial charge in [-0.05, 0) is 40.9 Å². The zero-order valence-electron chi connectivity index (χ0n) is 10.1. The van der Waals surface area contributed by atoms with Crippen molar-refractivity contribution in [3.63, 3.8) is 0 Å². The van der Waals surface area contributed by atoms with Gasteiger partial charge in [0, 0.05) is 18.7 Å². The summed E-state index contributed by atoms with van der Waals surface area (Å²) in [5.74, 6) is -0.262. The molecule has 2 rings (SSSR count). The van der Waals surface area contributed by atoms with Gasteiger partial charge in [-0.1, -0.05) is 11.6 Å². The summed E-state index contributed by atoms with van der Waals surface area (Å²) in [7, 11) is -2.26. The molecule has 5 nitrogen and oxygen atoms in total. The molecule has 0 saturated heterocycles. The van der Waals surface area contributed by atoms with E-state index in [4.69, 9.17) is 16.7 Å². The first-order valence-electron chi connectivity index (χ1n) is 5.51. The Hall–Kier alpha value is -0.630. The number of benzene rings is 1. The molecule has 1 saturated carbocycles. The van der Waals surface area contributed by atoms with Gasteiger partial charge in [-0.2, -0.15) is 0 Å². The summed E-state index contributed by atoms with van der Waals surface area (Å²) in [5.41, 5.74) is 0.214. The molecule has 1 aromatic carbocycles. The van der Waals surface area contributed by atoms with E-state index in [-0.39, 0.29) is 31.9 Å². The molecule has 0 unspecified atom stereocenters. The number of hydrogen-bond acceptors (Lipinski definition) is 3. The highest BCUT2D eigenvalue weighted by Crippen LogP contribution is 2.32. The summed E-state index contributed by atoms with van der Waals surface area (Å²) in [6, 6.07) is 2.90. The average molecular weight is 368 g/mol. The van der Waals surface area contributed by atoms with E-state index in [2.05, 4.69) is 15.9 Å². The number of nitrogens with two attached hydrogens (primary N) is 1. The van der Waals surface area contributed by atoms with Crippen molar-refractivity contribution in [1.29, 1.82) is 0 Å². The molecular weight excluding hydrogens is 356 g/mol. The molecule has 1 aromatic rings. The predicted octanol–water partition coefficient (Wildman–Crippen LogP) is 1.98. The first kappa shape index (κ1) is 14.8. The minimum Gasteiger partial charge on any atom is -0.339 e. The number of halogens is 2. The average Bonchev–Trinajstić information content (AvgIpc) is 3.13. The molecule has 0 aliphatic heterocycles. The van der Waals surface area contributed by atoms with Crippen molar-refractivity contribution < 1.29 is 13.2 Å². The highest BCUT2D eigenvalue weighted by Gasteiger charge is 2.31. The van der Waals surface area contributed by atoms with E-state index in [0.717, 1.165) is 12.8 Å². The Labute approximate surface area is 124 Å². The van der Waals surface area contributed by atoms with E-state index in [1.54, 1.807) is 11.9 Å². The second kappa shape index (κ2) is 5.05. The van der Waals surface area contributed by atoms with Crippen LogP contribution in [0.25, 0.3) is 0 Å². The van der Waals surface area contributed by atoms with Crippen molar-refractivity contribution in [2.75, 3.05) is 7.05 Å². The molecule has 0 bridgehead atoms. The number of hydrogen-bond donors (Lipinski definition) is 1. The van der Waals surface area contributed by atoms with Gasteiger partial charge in [0.05, 0.1) is 14.4 Å². The van der Waals surface area contributed by atoms with E-state index < -0.39 is 10.0 Å². The zero-order valence-corrected chi connectivity index (χ0v) is 13.2. The zero-order chi connectivity index (χ0) is 14.4. The Balaban J connectivity index is 2.47. The topological polar surface area (TPSA) is 80.5 Å². The van der Waals surface area contributed by atoms with Crippen LogP contribution in [0.2, 0.25) is 5.02 Å². The van der Waals surface area contributed by atoms with E-state index >= 15 is 0 Å². The van der Waals surface area contributed by atoms with Crippen LogP contribution >= 0.6 is 27.5 Å². The van der Waals surface area contributed by atoms with Gasteiger partial charge in [0.25, 0.3) is 5.91 Å². The Morgan fingerprint density at radius 3 is 2.53 bits per heavy atom. The third-order valence-electron chi connectivity index (χ3n) is 2.96. The summed E-state index contributed by atoms with van der Waals surface area (Å²) < 4.78 is 23.1. The van der Waals surface area contributed by atoms with Crippen LogP contribution in [0.3, 0.4) is 0 Å². The molecule has 1 amide bonds. The monoisotopic (exact) mass is 366 g/mol. The Morgan fingerprint density at radius 2 is 2.05 bits per heavy atom. The van der Waals surface area contributed by atoms with Gasteiger partial charge in [-0.15, -0.1) is 0 Å². The highest BCUT2D eigenvalue weighted by molar-refractivity contribution is 9.10. The number of rotatable bonds is 3. The molecule has 8 heteroatoms. The fraction of sp³-hybridized carbons (Fsp3) is 0.364. The molecule has 0 heterocycles. The lowest BCUT2D eigenvalue weighted by molar-refractivity contribution is 0.0785. The van der Waals surface area contributed by atoms with Gasteiger partial charge in [-0.3, -0.25) is 4.79 Å². The largest absolute Gasteiger partial charge is 0.339 e. The quantitative estimate of drug-likeness (QED) is 0.887. The number of carbonyl (C=O) groups is 1. The molecule has 19 heavy (non-hydrogen) atoms. The van der Waals surface area contributed by atoms with E-state index in [0.29, 0.717) is 0 Å². The Morgan fingerprint density at radius 1 is 1.47 bits per heavy atom. The van der Waals surface area contributed by atoms with Crippen molar-refractivity contribution in [2.45, 2.75) is 23.8 Å². The molecule has 0 atom stereocenters. The smallest absolute Gasteiger partial charge is 0.253 e. The fourth-order valence-corrected chi connectivity index (χ4v) is 3.56. The van der Waals surface area contributed by atoms with Gasteiger partial charge >= 0.3 is 0 Å². The van der Waals surface area contributed by atoms with Crippen molar-refractivity contribution in [1.82, 2.24) is 4.90 Å². The molecule has 1 fully saturated rings. The molecule has 104 valence electrons. The summed E-state index contributed by atoms with van der Waals surface area (Å²) in [6.07, 6.45) is 1.93. The SMILES string of the molecule is CN(C(=O)c1cc(Cl)c(Br)c(S(N)(=O)=O)c1)C1CC1. The van der Waals surface area contributed by atoms with E-state index in [9.17, 15) is 13.2 Å². The molecule has 2 N–H and O–H groups in total. The van der Waals surface area contributed by atoms with Gasteiger partial charge in [0.1, 0.15) is 0 Å². The fourth-order valence-electron chi connectivity index (χ4n) is 1.73. The summed E-state index contributed by atoms with van der Waals surface area (Å²) in [6.45, 7) is 0. The van der Waals surface area contributed by atoms with Crippen molar-refractivity contribution >= 4 is 43.5 Å². The van der Waals surface area contributed by atoms with Gasteiger partial charge in [-0.25, -0.2) is 13.6 Å². The third-order valence-corrected chi connectivity index (χ3v) is 5.54. The van der Waals surface area contributed by atoms with Crippen LogP contribution in [0.4, 0.5) is 0 Å². The van der Waals surface area contributed by atoms with Gasteiger partial charge in [0.2, 0.25) is 10.0 Å². The Bertz CT molecular complexity index is 644. The Kier molecular flexibility index (Phi) is 3.92. The number of nitrogens with zero attached hydrogens (tertiary/aromatic N) is 1. The predicted molar refractivity (Wildman–Crippen MR) is 75.6 cm³/mol. The summed E-state index contributed by atoms with van der Waals surface area (Å²) in [4.78, 5) is 13.6. The number of carbonyl (C=O) groups excluding carboxylic acids is 1. The van der Waals surface area contributed by atoms with E-state index in [1.807, 2.05) is 0 Å². The normalized spacial score (nSPS) is 15.4. The van der Waals surface area contributed by atoms with Crippen molar-refractivity contribution in [3.05, 3.63) is 27.2 Å². The van der Waals surface area contributed by atoms with Crippen LogP contribution in [-0.2, 0) is 10.0 Å². The standard InChI is InChI=1S/C11H12BrClN2O3S/c1-15(7-2-3-7)11(16)6-4-8(13)10(12)9(5-6)19(14,17)18/h4-5,7H,2-3H2,1H3,(H2,14,17,18). The van der Waals surface area contributed by atoms with E-state index in [1.165, 1.54) is 12.1 Å². The van der Waals surface area contributed by atoms with Crippen molar-refractivity contribution in [2.24, 2.45) is 5.14 Å². The maximum Gasteiger partial charge on any atom is 0.253 e. The summed E-state index contributed by atoms with van der Waals surface area (Å²) in [5, 5.41) is 5.24. The number of primary sulfonamides is 1. The van der Waals surface area contributed by atoms with Crippen molar-refractivity contribution in [3.8, 4) is 0 Å². The van der Waals surface area contributed by atoms with Crippen LogP contribution in [0.1, 0.15) is 23.2 Å². The first-order chi connectivity index (χ1) is 8.71. The van der Waals surface area contributed by atoms with Crippen LogP contribution in [-0.4, -0.2) is 32.3 Å². The molecule has 0 aromatic heterocycles. The first-order valence-corrected chi connectivity index (χ1v) is 8.22. The maximum absolute atomic E-state index is 12.2. The summed E-state index contributed by atoms with van der Waals surface area (Å²) >= 11 is 8.99. The highest BCUT2D eigenvalue weighted by atomic mass is 79.9. The minimum absolute atomic E-state index is 0.138. The van der Waals surface area contributed by atoms with Crippen LogP contribution < -0.4 is 5.14 Å². The van der Waals surface area contributed by atoms with Crippen LogP contribution in [0.5, 0.6) is 0 Å². The molecule has 1 aliphatic rings. The molecule has 0 spiro atoms. The second-order valence-electron chi connectivity index (χ2n) is 4.46. The molecule has 1 aliphatic carbocycles. The lowest BCUT2D eigenvalue weighted by atomic mass is 10.2. The third kappa shape index (κ3) is 3.10. The van der Waals surface area contributed by atoms with Crippen LogP contribution in [0, 0.1) is 0 Å².